The summed E-state index contributed by atoms with van der Waals surface area (Å²) in [6, 6.07) is 15.6. The number of para-hydroxylation sites is 1. The second kappa shape index (κ2) is 11.4. The fraction of sp³-hybridized carbons (Fsp3) is 0.229. The first-order chi connectivity index (χ1) is 22.6. The second-order valence-electron chi connectivity index (χ2n) is 11.4. The number of halogens is 4. The zero-order chi connectivity index (χ0) is 33.0. The first-order valence-corrected chi connectivity index (χ1v) is 14.7. The number of nitrogens with zero attached hydrogens (tertiary/aromatic N) is 3. The van der Waals surface area contributed by atoms with Crippen LogP contribution >= 0.6 is 0 Å². The standard InChI is InChI=1S/C35H25F4N3O5/c1-35(24-8-6-18(16-40)12-26(24)37)46-29-5-3-4-21(33(29)47-35)22-14-25(36)23(32(39)31(22)38)15-30-41-27-9-7-19(34(43)44-2)13-28(27)42(30)17-20-10-11-45-20/h3-9,12-14,20H,10-11,15,17H2,1-2H3. The fourth-order valence-corrected chi connectivity index (χ4v) is 5.94. The zero-order valence-electron chi connectivity index (χ0n) is 25.1. The molecule has 5 aromatic rings. The van der Waals surface area contributed by atoms with Gasteiger partial charge in [-0.15, -0.1) is 0 Å². The van der Waals surface area contributed by atoms with Crippen molar-refractivity contribution in [3.8, 4) is 28.7 Å². The summed E-state index contributed by atoms with van der Waals surface area (Å²) in [7, 11) is 1.26. The quantitative estimate of drug-likeness (QED) is 0.108. The van der Waals surface area contributed by atoms with Crippen molar-refractivity contribution in [1.29, 1.82) is 5.26 Å². The van der Waals surface area contributed by atoms with Crippen LogP contribution in [0.5, 0.6) is 11.5 Å². The van der Waals surface area contributed by atoms with Crippen molar-refractivity contribution < 1.29 is 41.3 Å². The number of methoxy groups -OCH3 is 1. The van der Waals surface area contributed by atoms with E-state index in [0.717, 1.165) is 18.6 Å². The lowest BCUT2D eigenvalue weighted by Crippen LogP contribution is -2.32. The molecule has 4 aromatic carbocycles. The van der Waals surface area contributed by atoms with Crippen LogP contribution in [0, 0.1) is 34.6 Å². The van der Waals surface area contributed by atoms with Gasteiger partial charge in [0.25, 0.3) is 5.79 Å². The molecule has 7 rings (SSSR count). The maximum atomic E-state index is 15.9. The SMILES string of the molecule is COC(=O)c1ccc2nc(Cc3c(F)cc(-c4cccc5c4OC(C)(c4ccc(C#N)cc4F)O5)c(F)c3F)n(CC3CCO3)c2c1. The fourth-order valence-electron chi connectivity index (χ4n) is 5.94. The Morgan fingerprint density at radius 1 is 1.04 bits per heavy atom. The molecular weight excluding hydrogens is 618 g/mol. The monoisotopic (exact) mass is 643 g/mol. The largest absolute Gasteiger partial charge is 0.465 e. The van der Waals surface area contributed by atoms with Gasteiger partial charge in [0.1, 0.15) is 17.5 Å². The van der Waals surface area contributed by atoms with Crippen molar-refractivity contribution in [3.63, 3.8) is 0 Å². The van der Waals surface area contributed by atoms with E-state index in [1.54, 1.807) is 16.7 Å². The molecule has 0 radical (unpaired) electrons. The highest BCUT2D eigenvalue weighted by Crippen LogP contribution is 2.50. The number of nitriles is 1. The van der Waals surface area contributed by atoms with Crippen LogP contribution in [0.4, 0.5) is 17.6 Å². The third-order valence-corrected chi connectivity index (χ3v) is 8.47. The highest BCUT2D eigenvalue weighted by Gasteiger charge is 2.42. The molecule has 0 N–H and O–H groups in total. The lowest BCUT2D eigenvalue weighted by atomic mass is 9.99. The van der Waals surface area contributed by atoms with Gasteiger partial charge in [0.15, 0.2) is 23.1 Å². The van der Waals surface area contributed by atoms with Gasteiger partial charge in [-0.25, -0.2) is 27.3 Å². The van der Waals surface area contributed by atoms with Crippen molar-refractivity contribution in [2.24, 2.45) is 0 Å². The average Bonchev–Trinajstić information content (AvgIpc) is 3.58. The van der Waals surface area contributed by atoms with Crippen LogP contribution in [-0.2, 0) is 28.2 Å². The van der Waals surface area contributed by atoms with E-state index in [-0.39, 0.29) is 45.7 Å². The van der Waals surface area contributed by atoms with Crippen LogP contribution < -0.4 is 9.47 Å². The van der Waals surface area contributed by atoms with Gasteiger partial charge in [-0.1, -0.05) is 12.1 Å². The summed E-state index contributed by atoms with van der Waals surface area (Å²) >= 11 is 0. The van der Waals surface area contributed by atoms with Gasteiger partial charge in [0, 0.05) is 36.6 Å². The van der Waals surface area contributed by atoms with E-state index in [9.17, 15) is 9.18 Å². The molecule has 2 aliphatic heterocycles. The van der Waals surface area contributed by atoms with Gasteiger partial charge >= 0.3 is 5.97 Å². The van der Waals surface area contributed by atoms with E-state index >= 15 is 13.2 Å². The van der Waals surface area contributed by atoms with E-state index in [1.165, 1.54) is 50.4 Å². The first-order valence-electron chi connectivity index (χ1n) is 14.7. The Labute approximate surface area is 265 Å². The van der Waals surface area contributed by atoms with Crippen LogP contribution in [0.2, 0.25) is 0 Å². The summed E-state index contributed by atoms with van der Waals surface area (Å²) in [4.78, 5) is 16.7. The number of imidazole rings is 1. The lowest BCUT2D eigenvalue weighted by molar-refractivity contribution is -0.0705. The number of esters is 1. The van der Waals surface area contributed by atoms with Crippen LogP contribution in [0.3, 0.4) is 0 Å². The van der Waals surface area contributed by atoms with Gasteiger partial charge in [-0.2, -0.15) is 5.26 Å². The van der Waals surface area contributed by atoms with Gasteiger partial charge in [0.2, 0.25) is 0 Å². The molecule has 0 aliphatic carbocycles. The predicted molar refractivity (Wildman–Crippen MR) is 160 cm³/mol. The summed E-state index contributed by atoms with van der Waals surface area (Å²) in [6.07, 6.45) is 0.214. The van der Waals surface area contributed by atoms with Crippen molar-refractivity contribution in [1.82, 2.24) is 9.55 Å². The molecule has 1 fully saturated rings. The summed E-state index contributed by atoms with van der Waals surface area (Å²) in [5.74, 6) is -6.46. The summed E-state index contributed by atoms with van der Waals surface area (Å²) < 4.78 is 86.5. The minimum Gasteiger partial charge on any atom is -0.465 e. The molecule has 0 spiro atoms. The molecule has 47 heavy (non-hydrogen) atoms. The Hall–Kier alpha value is -5.41. The lowest BCUT2D eigenvalue weighted by Gasteiger charge is -2.27. The van der Waals surface area contributed by atoms with Crippen LogP contribution in [-0.4, -0.2) is 35.3 Å². The Balaban J connectivity index is 1.26. The molecule has 2 unspecified atom stereocenters. The number of benzene rings is 4. The highest BCUT2D eigenvalue weighted by atomic mass is 19.2. The minimum absolute atomic E-state index is 0.00756. The molecular formula is C35H25F4N3O5. The molecule has 8 nitrogen and oxygen atoms in total. The topological polar surface area (TPSA) is 95.6 Å². The molecule has 0 saturated carbocycles. The minimum atomic E-state index is -1.71. The number of fused-ring (bicyclic) bond motifs is 2. The Morgan fingerprint density at radius 2 is 1.85 bits per heavy atom. The average molecular weight is 644 g/mol. The molecule has 0 amide bonds. The molecule has 1 aromatic heterocycles. The van der Waals surface area contributed by atoms with Crippen LogP contribution in [0.1, 0.15) is 46.2 Å². The number of hydrogen-bond donors (Lipinski definition) is 0. The Bertz CT molecular complexity index is 2140. The maximum absolute atomic E-state index is 15.9. The van der Waals surface area contributed by atoms with Gasteiger partial charge in [-0.05, 0) is 55.0 Å². The number of rotatable bonds is 7. The molecule has 1 saturated heterocycles. The van der Waals surface area contributed by atoms with E-state index in [2.05, 4.69) is 4.98 Å². The molecule has 0 bridgehead atoms. The third kappa shape index (κ3) is 5.13. The third-order valence-electron chi connectivity index (χ3n) is 8.47. The van der Waals surface area contributed by atoms with E-state index in [4.69, 9.17) is 24.2 Å². The summed E-state index contributed by atoms with van der Waals surface area (Å²) in [6.45, 7) is 2.33. The van der Waals surface area contributed by atoms with Gasteiger partial charge < -0.3 is 23.5 Å². The smallest absolute Gasteiger partial charge is 0.337 e. The van der Waals surface area contributed by atoms with Crippen LogP contribution in [0.25, 0.3) is 22.2 Å². The molecule has 2 aliphatic rings. The number of hydrogen-bond acceptors (Lipinski definition) is 7. The molecule has 238 valence electrons. The molecule has 12 heteroatoms. The predicted octanol–water partition coefficient (Wildman–Crippen LogP) is 6.94. The van der Waals surface area contributed by atoms with Crippen molar-refractivity contribution in [3.05, 3.63) is 112 Å². The first kappa shape index (κ1) is 30.3. The van der Waals surface area contributed by atoms with E-state index in [0.29, 0.717) is 24.2 Å². The number of carbonyl (C=O) groups is 1. The van der Waals surface area contributed by atoms with Gasteiger partial charge in [-0.3, -0.25) is 0 Å². The van der Waals surface area contributed by atoms with Gasteiger partial charge in [0.05, 0.1) is 53.6 Å². The Morgan fingerprint density at radius 3 is 2.55 bits per heavy atom. The van der Waals surface area contributed by atoms with Crippen LogP contribution in [0.15, 0.2) is 60.7 Å². The summed E-state index contributed by atoms with van der Waals surface area (Å²) in [5.41, 5.74) is 0.380. The normalized spacial score (nSPS) is 18.2. The number of aromatic nitrogens is 2. The second-order valence-corrected chi connectivity index (χ2v) is 11.4. The number of carbonyl (C=O) groups excluding carboxylic acids is 1. The highest BCUT2D eigenvalue weighted by molar-refractivity contribution is 5.93. The van der Waals surface area contributed by atoms with E-state index < -0.39 is 52.6 Å². The van der Waals surface area contributed by atoms with Crippen molar-refractivity contribution in [2.45, 2.75) is 38.2 Å². The van der Waals surface area contributed by atoms with E-state index in [1.807, 2.05) is 6.07 Å². The molecule has 2 atom stereocenters. The number of ether oxygens (including phenoxy) is 4. The Kier molecular flexibility index (Phi) is 7.36. The van der Waals surface area contributed by atoms with Crippen molar-refractivity contribution >= 4 is 17.0 Å². The zero-order valence-corrected chi connectivity index (χ0v) is 25.1. The van der Waals surface area contributed by atoms with Crippen molar-refractivity contribution in [2.75, 3.05) is 13.7 Å². The molecule has 3 heterocycles. The summed E-state index contributed by atoms with van der Waals surface area (Å²) in [5, 5.41) is 9.09. The maximum Gasteiger partial charge on any atom is 0.337 e.